The summed E-state index contributed by atoms with van der Waals surface area (Å²) in [5.74, 6) is -0.610. The van der Waals surface area contributed by atoms with Crippen molar-refractivity contribution in [3.63, 3.8) is 0 Å². The Kier molecular flexibility index (Phi) is 4.90. The normalized spacial score (nSPS) is 18.1. The fourth-order valence-electron chi connectivity index (χ4n) is 1.29. The summed E-state index contributed by atoms with van der Waals surface area (Å²) >= 11 is 0. The summed E-state index contributed by atoms with van der Waals surface area (Å²) in [6, 6.07) is 0. The summed E-state index contributed by atoms with van der Waals surface area (Å²) in [6.45, 7) is 3.62. The number of carboxylic acid groups (broad SMARTS) is 1. The highest BCUT2D eigenvalue weighted by atomic mass is 16.5. The van der Waals surface area contributed by atoms with Gasteiger partial charge in [0.25, 0.3) is 0 Å². The summed E-state index contributed by atoms with van der Waals surface area (Å²) in [7, 11) is 0. The number of ether oxygens (including phenoxy) is 2. The van der Waals surface area contributed by atoms with Gasteiger partial charge in [-0.15, -0.1) is 0 Å². The summed E-state index contributed by atoms with van der Waals surface area (Å²) in [6.07, 6.45) is 2.32. The lowest BCUT2D eigenvalue weighted by atomic mass is 10.2. The SMILES string of the molecule is CCCOCCOC(C(=O)O)C1CC1. The molecule has 1 aliphatic rings. The van der Waals surface area contributed by atoms with Gasteiger partial charge in [0.2, 0.25) is 0 Å². The van der Waals surface area contributed by atoms with Crippen molar-refractivity contribution < 1.29 is 19.4 Å². The monoisotopic (exact) mass is 202 g/mol. The van der Waals surface area contributed by atoms with Crippen LogP contribution in [-0.2, 0) is 14.3 Å². The first-order chi connectivity index (χ1) is 6.75. The van der Waals surface area contributed by atoms with E-state index >= 15 is 0 Å². The zero-order valence-corrected chi connectivity index (χ0v) is 8.57. The van der Waals surface area contributed by atoms with Crippen molar-refractivity contribution in [2.24, 2.45) is 5.92 Å². The maximum absolute atomic E-state index is 10.7. The lowest BCUT2D eigenvalue weighted by Crippen LogP contribution is -2.27. The van der Waals surface area contributed by atoms with Gasteiger partial charge in [-0.1, -0.05) is 6.92 Å². The first-order valence-electron chi connectivity index (χ1n) is 5.18. The molecule has 4 heteroatoms. The smallest absolute Gasteiger partial charge is 0.333 e. The van der Waals surface area contributed by atoms with E-state index in [4.69, 9.17) is 14.6 Å². The number of aliphatic carboxylic acids is 1. The van der Waals surface area contributed by atoms with Gasteiger partial charge in [0, 0.05) is 6.61 Å². The molecule has 0 aliphatic heterocycles. The van der Waals surface area contributed by atoms with Crippen molar-refractivity contribution in [2.75, 3.05) is 19.8 Å². The minimum Gasteiger partial charge on any atom is -0.479 e. The van der Waals surface area contributed by atoms with Gasteiger partial charge >= 0.3 is 5.97 Å². The molecule has 1 unspecified atom stereocenters. The van der Waals surface area contributed by atoms with Crippen LogP contribution in [0.2, 0.25) is 0 Å². The van der Waals surface area contributed by atoms with E-state index in [0.717, 1.165) is 19.3 Å². The Hall–Kier alpha value is -0.610. The Morgan fingerprint density at radius 2 is 2.14 bits per heavy atom. The Labute approximate surface area is 84.2 Å². The maximum atomic E-state index is 10.7. The third-order valence-electron chi connectivity index (χ3n) is 2.17. The van der Waals surface area contributed by atoms with E-state index < -0.39 is 12.1 Å². The molecule has 0 aromatic rings. The molecular formula is C10H18O4. The average Bonchev–Trinajstić information content (AvgIpc) is 2.94. The molecule has 0 radical (unpaired) electrons. The van der Waals surface area contributed by atoms with E-state index in [0.29, 0.717) is 19.8 Å². The van der Waals surface area contributed by atoms with Crippen LogP contribution in [0.5, 0.6) is 0 Å². The molecule has 0 spiro atoms. The number of hydrogen-bond donors (Lipinski definition) is 1. The van der Waals surface area contributed by atoms with Crippen molar-refractivity contribution in [3.05, 3.63) is 0 Å². The van der Waals surface area contributed by atoms with Gasteiger partial charge in [-0.3, -0.25) is 0 Å². The first-order valence-corrected chi connectivity index (χ1v) is 5.18. The molecule has 82 valence electrons. The number of carboxylic acids is 1. The van der Waals surface area contributed by atoms with E-state index in [1.807, 2.05) is 6.92 Å². The summed E-state index contributed by atoms with van der Waals surface area (Å²) in [5, 5.41) is 8.82. The third kappa shape index (κ3) is 4.07. The maximum Gasteiger partial charge on any atom is 0.333 e. The molecule has 0 amide bonds. The van der Waals surface area contributed by atoms with Crippen molar-refractivity contribution >= 4 is 5.97 Å². The molecule has 0 aromatic heterocycles. The molecule has 1 rings (SSSR count). The highest BCUT2D eigenvalue weighted by Gasteiger charge is 2.36. The average molecular weight is 202 g/mol. The van der Waals surface area contributed by atoms with Gasteiger partial charge in [0.1, 0.15) is 0 Å². The first kappa shape index (κ1) is 11.5. The van der Waals surface area contributed by atoms with Gasteiger partial charge in [0.15, 0.2) is 6.10 Å². The van der Waals surface area contributed by atoms with Crippen LogP contribution in [-0.4, -0.2) is 37.0 Å². The quantitative estimate of drug-likeness (QED) is 0.603. The van der Waals surface area contributed by atoms with Gasteiger partial charge in [0.05, 0.1) is 13.2 Å². The van der Waals surface area contributed by atoms with Crippen molar-refractivity contribution in [1.29, 1.82) is 0 Å². The molecule has 0 heterocycles. The zero-order valence-electron chi connectivity index (χ0n) is 8.57. The van der Waals surface area contributed by atoms with Gasteiger partial charge in [-0.25, -0.2) is 4.79 Å². The van der Waals surface area contributed by atoms with E-state index in [2.05, 4.69) is 0 Å². The summed E-state index contributed by atoms with van der Waals surface area (Å²) < 4.78 is 10.4. The van der Waals surface area contributed by atoms with Crippen LogP contribution in [0, 0.1) is 5.92 Å². The van der Waals surface area contributed by atoms with Crippen LogP contribution in [0.15, 0.2) is 0 Å². The largest absolute Gasteiger partial charge is 0.479 e. The molecule has 1 atom stereocenters. The minimum absolute atomic E-state index is 0.235. The fraction of sp³-hybridized carbons (Fsp3) is 0.900. The Balaban J connectivity index is 2.05. The van der Waals surface area contributed by atoms with Crippen LogP contribution >= 0.6 is 0 Å². The second-order valence-corrected chi connectivity index (χ2v) is 3.58. The predicted octanol–water partition coefficient (Wildman–Crippen LogP) is 1.29. The lowest BCUT2D eigenvalue weighted by Gasteiger charge is -2.12. The third-order valence-corrected chi connectivity index (χ3v) is 2.17. The summed E-state index contributed by atoms with van der Waals surface area (Å²) in [5.41, 5.74) is 0. The van der Waals surface area contributed by atoms with Crippen molar-refractivity contribution in [1.82, 2.24) is 0 Å². The molecule has 0 bridgehead atoms. The molecular weight excluding hydrogens is 184 g/mol. The van der Waals surface area contributed by atoms with Gasteiger partial charge < -0.3 is 14.6 Å². The van der Waals surface area contributed by atoms with E-state index in [1.54, 1.807) is 0 Å². The van der Waals surface area contributed by atoms with Crippen LogP contribution in [0.3, 0.4) is 0 Å². The number of hydrogen-bond acceptors (Lipinski definition) is 3. The van der Waals surface area contributed by atoms with Crippen LogP contribution in [0.25, 0.3) is 0 Å². The Morgan fingerprint density at radius 1 is 1.43 bits per heavy atom. The molecule has 4 nitrogen and oxygen atoms in total. The minimum atomic E-state index is -0.844. The standard InChI is InChI=1S/C10H18O4/c1-2-5-13-6-7-14-9(10(11)12)8-3-4-8/h8-9H,2-7H2,1H3,(H,11,12). The fourth-order valence-corrected chi connectivity index (χ4v) is 1.29. The number of rotatable bonds is 8. The molecule has 0 aromatic carbocycles. The van der Waals surface area contributed by atoms with Crippen molar-refractivity contribution in [3.8, 4) is 0 Å². The highest BCUT2D eigenvalue weighted by Crippen LogP contribution is 2.34. The lowest BCUT2D eigenvalue weighted by molar-refractivity contribution is -0.152. The second-order valence-electron chi connectivity index (χ2n) is 3.58. The number of carbonyl (C=O) groups is 1. The Bertz CT molecular complexity index is 177. The van der Waals surface area contributed by atoms with Gasteiger partial charge in [-0.2, -0.15) is 0 Å². The molecule has 0 saturated heterocycles. The molecule has 1 aliphatic carbocycles. The molecule has 1 saturated carbocycles. The highest BCUT2D eigenvalue weighted by molar-refractivity contribution is 5.73. The second kappa shape index (κ2) is 5.98. The molecule has 1 N–H and O–H groups in total. The van der Waals surface area contributed by atoms with E-state index in [9.17, 15) is 4.79 Å². The molecule has 1 fully saturated rings. The topological polar surface area (TPSA) is 55.8 Å². The predicted molar refractivity (Wildman–Crippen MR) is 51.2 cm³/mol. The summed E-state index contributed by atoms with van der Waals surface area (Å²) in [4.78, 5) is 10.7. The Morgan fingerprint density at radius 3 is 2.64 bits per heavy atom. The molecule has 14 heavy (non-hydrogen) atoms. The van der Waals surface area contributed by atoms with Crippen LogP contribution < -0.4 is 0 Å². The zero-order chi connectivity index (χ0) is 10.4. The van der Waals surface area contributed by atoms with Gasteiger partial charge in [-0.05, 0) is 25.2 Å². The van der Waals surface area contributed by atoms with Crippen molar-refractivity contribution in [2.45, 2.75) is 32.3 Å². The van der Waals surface area contributed by atoms with E-state index in [-0.39, 0.29) is 5.92 Å². The van der Waals surface area contributed by atoms with Crippen LogP contribution in [0.1, 0.15) is 26.2 Å². The van der Waals surface area contributed by atoms with Crippen LogP contribution in [0.4, 0.5) is 0 Å². The van der Waals surface area contributed by atoms with E-state index in [1.165, 1.54) is 0 Å².